The number of allylic oxidation sites excluding steroid dienone is 1. The van der Waals surface area contributed by atoms with Gasteiger partial charge >= 0.3 is 0 Å². The number of nitriles is 1. The molecule has 0 N–H and O–H groups in total. The number of hydrogen-bond donors (Lipinski definition) is 0. The maximum Gasteiger partial charge on any atom is 0.270 e. The van der Waals surface area contributed by atoms with E-state index in [-0.39, 0.29) is 11.5 Å². The first-order valence-electron chi connectivity index (χ1n) is 12.2. The molecule has 0 atom stereocenters. The molecular weight excluding hydrogens is 440 g/mol. The van der Waals surface area contributed by atoms with Gasteiger partial charge < -0.3 is 0 Å². The first-order valence-corrected chi connectivity index (χ1v) is 12.2. The third-order valence-electron chi connectivity index (χ3n) is 5.77. The van der Waals surface area contributed by atoms with Crippen molar-refractivity contribution in [2.75, 3.05) is 0 Å². The van der Waals surface area contributed by atoms with Crippen molar-refractivity contribution in [3.8, 4) is 28.3 Å². The Labute approximate surface area is 213 Å². The van der Waals surface area contributed by atoms with Gasteiger partial charge in [0.25, 0.3) is 5.70 Å². The average Bonchev–Trinajstić information content (AvgIpc) is 3.45. The van der Waals surface area contributed by atoms with Gasteiger partial charge in [-0.3, -0.25) is 4.79 Å². The number of nitrogens with zero attached hydrogens (tertiary/aromatic N) is 2. The molecule has 0 fully saturated rings. The highest BCUT2D eigenvalue weighted by atomic mass is 16.1. The van der Waals surface area contributed by atoms with Crippen molar-refractivity contribution in [1.29, 1.82) is 5.26 Å². The molecule has 0 heterocycles. The van der Waals surface area contributed by atoms with Crippen molar-refractivity contribution < 1.29 is 4.79 Å². The van der Waals surface area contributed by atoms with Gasteiger partial charge in [-0.05, 0) is 33.4 Å². The molecule has 0 amide bonds. The summed E-state index contributed by atoms with van der Waals surface area (Å²) in [5, 5.41) is 9.12. The lowest BCUT2D eigenvalue weighted by Gasteiger charge is -2.01. The van der Waals surface area contributed by atoms with E-state index in [0.29, 0.717) is 0 Å². The number of benzene rings is 4. The quantitative estimate of drug-likeness (QED) is 0.165. The van der Waals surface area contributed by atoms with Crippen LogP contribution in [0.2, 0.25) is 0 Å². The Morgan fingerprint density at radius 1 is 0.583 bits per heavy atom. The van der Waals surface area contributed by atoms with Crippen LogP contribution >= 0.6 is 0 Å². The van der Waals surface area contributed by atoms with Crippen molar-refractivity contribution in [3.05, 3.63) is 136 Å². The Balaban J connectivity index is 0.000000180. The molecule has 0 saturated carbocycles. The van der Waals surface area contributed by atoms with Crippen LogP contribution in [-0.2, 0) is 0 Å². The molecule has 36 heavy (non-hydrogen) atoms. The molecule has 0 spiro atoms. The summed E-state index contributed by atoms with van der Waals surface area (Å²) in [5.74, 6) is 0.149. The second-order valence-corrected chi connectivity index (χ2v) is 7.46. The van der Waals surface area contributed by atoms with Crippen LogP contribution in [-0.4, -0.2) is 5.78 Å². The smallest absolute Gasteiger partial charge is 0.270 e. The maximum atomic E-state index is 11.9. The largest absolute Gasteiger partial charge is 0.289 e. The summed E-state index contributed by atoms with van der Waals surface area (Å²) < 4.78 is 0. The number of ketones is 1. The van der Waals surface area contributed by atoms with Gasteiger partial charge in [-0.25, -0.2) is 10.1 Å². The molecule has 6 rings (SSSR count). The van der Waals surface area contributed by atoms with E-state index in [4.69, 9.17) is 11.8 Å². The predicted molar refractivity (Wildman–Crippen MR) is 148 cm³/mol. The van der Waals surface area contributed by atoms with Gasteiger partial charge in [-0.15, -0.1) is 0 Å². The topological polar surface area (TPSA) is 45.2 Å². The van der Waals surface area contributed by atoms with Crippen LogP contribution in [0.4, 0.5) is 0 Å². The molecule has 4 aromatic rings. The second-order valence-electron chi connectivity index (χ2n) is 7.46. The van der Waals surface area contributed by atoms with Gasteiger partial charge in [0.2, 0.25) is 0 Å². The van der Waals surface area contributed by atoms with Crippen LogP contribution in [0.3, 0.4) is 0 Å². The molecule has 4 aromatic carbocycles. The van der Waals surface area contributed by atoms with E-state index in [0.717, 1.165) is 50.1 Å². The lowest BCUT2D eigenvalue weighted by atomic mass is 10.0. The first-order chi connectivity index (χ1) is 17.7. The minimum atomic E-state index is 0.149. The Morgan fingerprint density at radius 3 is 1.17 bits per heavy atom. The summed E-state index contributed by atoms with van der Waals surface area (Å²) in [6.07, 6.45) is 0. The summed E-state index contributed by atoms with van der Waals surface area (Å²) >= 11 is 0. The highest BCUT2D eigenvalue weighted by molar-refractivity contribution is 6.21. The van der Waals surface area contributed by atoms with Crippen molar-refractivity contribution in [1.82, 2.24) is 0 Å². The van der Waals surface area contributed by atoms with Gasteiger partial charge in [0.15, 0.2) is 5.78 Å². The van der Waals surface area contributed by atoms with Crippen LogP contribution in [0.25, 0.3) is 32.7 Å². The van der Waals surface area contributed by atoms with Crippen LogP contribution in [0.1, 0.15) is 54.7 Å². The minimum Gasteiger partial charge on any atom is -0.289 e. The van der Waals surface area contributed by atoms with Crippen LogP contribution in [0.5, 0.6) is 0 Å². The van der Waals surface area contributed by atoms with E-state index >= 15 is 0 Å². The standard InChI is InChI=1S/C16H8N2.C13H8O.2C2H6/c1-18-15(10-17)16-13-8-4-2-6-11(13)12-7-3-5-9-14(12)16;14-13-11-7-3-1-5-9(11)10-6-2-4-8-12(10)13;2*1-2/h2-9H;1-8H;2*1-2H3. The maximum absolute atomic E-state index is 11.9. The minimum absolute atomic E-state index is 0.149. The number of fused-ring (bicyclic) bond motifs is 6. The molecule has 2 aliphatic carbocycles. The lowest BCUT2D eigenvalue weighted by Crippen LogP contribution is -1.93. The highest BCUT2D eigenvalue weighted by Gasteiger charge is 2.26. The molecule has 0 saturated heterocycles. The van der Waals surface area contributed by atoms with Gasteiger partial charge in [0, 0.05) is 16.7 Å². The number of rotatable bonds is 0. The fourth-order valence-corrected chi connectivity index (χ4v) is 4.39. The number of hydrogen-bond acceptors (Lipinski definition) is 2. The molecule has 0 unspecified atom stereocenters. The van der Waals surface area contributed by atoms with Crippen molar-refractivity contribution in [2.45, 2.75) is 27.7 Å². The summed E-state index contributed by atoms with van der Waals surface area (Å²) in [6.45, 7) is 15.2. The van der Waals surface area contributed by atoms with Crippen molar-refractivity contribution in [2.24, 2.45) is 0 Å². The second kappa shape index (κ2) is 12.1. The molecular formula is C33H28N2O. The molecule has 3 nitrogen and oxygen atoms in total. The summed E-state index contributed by atoms with van der Waals surface area (Å²) in [7, 11) is 0. The van der Waals surface area contributed by atoms with E-state index in [1.807, 2.05) is 131 Å². The van der Waals surface area contributed by atoms with Crippen LogP contribution < -0.4 is 0 Å². The zero-order valence-electron chi connectivity index (χ0n) is 21.0. The third-order valence-corrected chi connectivity index (χ3v) is 5.77. The Bertz CT molecular complexity index is 1400. The fraction of sp³-hybridized carbons (Fsp3) is 0.121. The predicted octanol–water partition coefficient (Wildman–Crippen LogP) is 8.82. The van der Waals surface area contributed by atoms with Crippen LogP contribution in [0.15, 0.2) is 103 Å². The summed E-state index contributed by atoms with van der Waals surface area (Å²) in [5.41, 5.74) is 8.85. The molecule has 0 aromatic heterocycles. The van der Waals surface area contributed by atoms with E-state index in [1.165, 1.54) is 0 Å². The number of carbonyl (C=O) groups excluding carboxylic acids is 1. The van der Waals surface area contributed by atoms with Gasteiger partial charge in [-0.2, -0.15) is 0 Å². The van der Waals surface area contributed by atoms with E-state index < -0.39 is 0 Å². The Kier molecular flexibility index (Phi) is 8.71. The summed E-state index contributed by atoms with van der Waals surface area (Å²) in [4.78, 5) is 15.2. The average molecular weight is 469 g/mol. The van der Waals surface area contributed by atoms with E-state index in [9.17, 15) is 4.79 Å². The van der Waals surface area contributed by atoms with Gasteiger partial charge in [-0.1, -0.05) is 125 Å². The lowest BCUT2D eigenvalue weighted by molar-refractivity contribution is 0.104. The van der Waals surface area contributed by atoms with Gasteiger partial charge in [0.05, 0.1) is 12.6 Å². The molecule has 0 radical (unpaired) electrons. The zero-order valence-corrected chi connectivity index (χ0v) is 21.0. The van der Waals surface area contributed by atoms with Crippen molar-refractivity contribution >= 4 is 11.4 Å². The molecule has 0 aliphatic heterocycles. The van der Waals surface area contributed by atoms with Gasteiger partial charge in [0.1, 0.15) is 0 Å². The Hall–Kier alpha value is -4.73. The first kappa shape index (κ1) is 25.9. The molecule has 0 bridgehead atoms. The molecule has 2 aliphatic rings. The monoisotopic (exact) mass is 468 g/mol. The Morgan fingerprint density at radius 2 is 0.861 bits per heavy atom. The number of carbonyl (C=O) groups is 1. The van der Waals surface area contributed by atoms with E-state index in [1.54, 1.807) is 0 Å². The fourth-order valence-electron chi connectivity index (χ4n) is 4.39. The zero-order chi connectivity index (χ0) is 26.1. The van der Waals surface area contributed by atoms with Crippen molar-refractivity contribution in [3.63, 3.8) is 0 Å². The van der Waals surface area contributed by atoms with E-state index in [2.05, 4.69) is 4.85 Å². The SMILES string of the molecule is CC.CC.O=C1c2ccccc2-c2ccccc21.[C-]#[N+]C(C#N)=C1c2ccccc2-c2ccccc21. The van der Waals surface area contributed by atoms with Crippen LogP contribution in [0, 0.1) is 17.9 Å². The third kappa shape index (κ3) is 4.61. The molecule has 176 valence electrons. The normalized spacial score (nSPS) is 10.7. The molecule has 3 heteroatoms. The summed E-state index contributed by atoms with van der Waals surface area (Å²) in [6, 6.07) is 33.3. The highest BCUT2D eigenvalue weighted by Crippen LogP contribution is 2.45.